The summed E-state index contributed by atoms with van der Waals surface area (Å²) in [5.41, 5.74) is 0.377. The molecule has 1 aliphatic heterocycles. The molecule has 0 radical (unpaired) electrons. The number of carbonyl (C=O) groups is 3. The van der Waals surface area contributed by atoms with Crippen molar-refractivity contribution in [2.45, 2.75) is 26.7 Å². The van der Waals surface area contributed by atoms with Crippen molar-refractivity contribution in [3.05, 3.63) is 33.3 Å². The van der Waals surface area contributed by atoms with Crippen LogP contribution in [-0.2, 0) is 4.79 Å². The summed E-state index contributed by atoms with van der Waals surface area (Å²) >= 11 is 11.8. The number of amides is 3. The Morgan fingerprint density at radius 2 is 1.61 bits per heavy atom. The van der Waals surface area contributed by atoms with Crippen LogP contribution >= 0.6 is 23.2 Å². The van der Waals surface area contributed by atoms with Crippen LogP contribution in [0.1, 0.15) is 47.4 Å². The topological polar surface area (TPSA) is 57.7 Å². The molecular weight excluding hydrogens is 339 g/mol. The van der Waals surface area contributed by atoms with Gasteiger partial charge in [-0.3, -0.25) is 19.3 Å². The fraction of sp³-hybridized carbons (Fsp3) is 0.438. The molecule has 0 unspecified atom stereocenters. The maximum Gasteiger partial charge on any atom is 0.262 e. The number of nitrogens with zero attached hydrogens (tertiary/aromatic N) is 2. The summed E-state index contributed by atoms with van der Waals surface area (Å²) in [6, 6.07) is 2.75. The lowest BCUT2D eigenvalue weighted by Gasteiger charge is -2.23. The number of unbranched alkanes of at least 4 members (excludes halogenated alkanes) is 1. The number of benzene rings is 1. The normalized spacial score (nSPS) is 13.5. The summed E-state index contributed by atoms with van der Waals surface area (Å²) in [5.74, 6) is -1.26. The van der Waals surface area contributed by atoms with Crippen molar-refractivity contribution in [3.63, 3.8) is 0 Å². The molecule has 0 fully saturated rings. The molecule has 2 rings (SSSR count). The first-order valence-corrected chi connectivity index (χ1v) is 8.29. The first kappa shape index (κ1) is 17.8. The second kappa shape index (κ2) is 7.32. The van der Waals surface area contributed by atoms with Gasteiger partial charge in [0.25, 0.3) is 11.8 Å². The molecule has 3 amide bonds. The van der Waals surface area contributed by atoms with E-state index < -0.39 is 11.8 Å². The van der Waals surface area contributed by atoms with Gasteiger partial charge in [0.15, 0.2) is 0 Å². The third kappa shape index (κ3) is 3.51. The first-order valence-electron chi connectivity index (χ1n) is 7.53. The van der Waals surface area contributed by atoms with Gasteiger partial charge in [-0.15, -0.1) is 0 Å². The van der Waals surface area contributed by atoms with Crippen molar-refractivity contribution in [1.82, 2.24) is 9.80 Å². The van der Waals surface area contributed by atoms with E-state index in [0.29, 0.717) is 13.1 Å². The zero-order valence-corrected chi connectivity index (χ0v) is 14.6. The van der Waals surface area contributed by atoms with Crippen molar-refractivity contribution >= 4 is 40.9 Å². The minimum atomic E-state index is -0.511. The number of halogens is 2. The van der Waals surface area contributed by atoms with Crippen LogP contribution in [0.2, 0.25) is 10.0 Å². The van der Waals surface area contributed by atoms with Crippen molar-refractivity contribution in [3.8, 4) is 0 Å². The van der Waals surface area contributed by atoms with Gasteiger partial charge >= 0.3 is 0 Å². The van der Waals surface area contributed by atoms with Gasteiger partial charge in [0.1, 0.15) is 6.54 Å². The third-order valence-corrected chi connectivity index (χ3v) is 4.54. The number of fused-ring (bicyclic) bond motifs is 1. The Hall–Kier alpha value is -1.59. The molecule has 0 aliphatic carbocycles. The molecule has 23 heavy (non-hydrogen) atoms. The van der Waals surface area contributed by atoms with E-state index in [-0.39, 0.29) is 33.6 Å². The van der Waals surface area contributed by atoms with Gasteiger partial charge in [0, 0.05) is 13.1 Å². The molecule has 0 spiro atoms. The Balaban J connectivity index is 2.18. The fourth-order valence-electron chi connectivity index (χ4n) is 2.47. The van der Waals surface area contributed by atoms with Crippen LogP contribution in [0.5, 0.6) is 0 Å². The van der Waals surface area contributed by atoms with E-state index in [1.165, 1.54) is 12.1 Å². The number of hydrogen-bond acceptors (Lipinski definition) is 3. The predicted octanol–water partition coefficient (Wildman–Crippen LogP) is 3.24. The highest BCUT2D eigenvalue weighted by molar-refractivity contribution is 6.43. The highest BCUT2D eigenvalue weighted by atomic mass is 35.5. The van der Waals surface area contributed by atoms with E-state index in [1.807, 2.05) is 13.8 Å². The molecule has 7 heteroatoms. The highest BCUT2D eigenvalue weighted by Gasteiger charge is 2.37. The zero-order chi connectivity index (χ0) is 17.1. The second-order valence-electron chi connectivity index (χ2n) is 5.34. The Morgan fingerprint density at radius 1 is 1.09 bits per heavy atom. The number of likely N-dealkylation sites (N-methyl/N-ethyl adjacent to an activating group) is 1. The molecular formula is C16H18Cl2N2O3. The summed E-state index contributed by atoms with van der Waals surface area (Å²) < 4.78 is 0. The Kier molecular flexibility index (Phi) is 5.65. The van der Waals surface area contributed by atoms with E-state index in [1.54, 1.807) is 4.90 Å². The molecule has 0 saturated heterocycles. The summed E-state index contributed by atoms with van der Waals surface area (Å²) in [6.07, 6.45) is 1.85. The quantitative estimate of drug-likeness (QED) is 0.735. The molecule has 0 aromatic heterocycles. The summed E-state index contributed by atoms with van der Waals surface area (Å²) in [7, 11) is 0. The van der Waals surface area contributed by atoms with Crippen molar-refractivity contribution in [2.75, 3.05) is 19.6 Å². The van der Waals surface area contributed by atoms with Crippen LogP contribution in [-0.4, -0.2) is 47.2 Å². The van der Waals surface area contributed by atoms with Gasteiger partial charge < -0.3 is 4.90 Å². The average molecular weight is 357 g/mol. The first-order chi connectivity index (χ1) is 10.9. The van der Waals surface area contributed by atoms with Crippen LogP contribution in [0, 0.1) is 0 Å². The minimum Gasteiger partial charge on any atom is -0.341 e. The largest absolute Gasteiger partial charge is 0.341 e. The SMILES string of the molecule is CCCCN(CC)C(=O)CN1C(=O)c2cc(Cl)c(Cl)cc2C1=O. The lowest BCUT2D eigenvalue weighted by molar-refractivity contribution is -0.131. The number of imide groups is 1. The Labute approximate surface area is 145 Å². The second-order valence-corrected chi connectivity index (χ2v) is 6.15. The maximum atomic E-state index is 12.4. The molecule has 1 aromatic rings. The standard InChI is InChI=1S/C16H18Cl2N2O3/c1-3-5-6-19(4-2)14(21)9-20-15(22)10-7-12(17)13(18)8-11(10)16(20)23/h7-8H,3-6,9H2,1-2H3. The summed E-state index contributed by atoms with van der Waals surface area (Å²) in [5, 5.41) is 0.413. The van der Waals surface area contributed by atoms with Crippen LogP contribution in [0.25, 0.3) is 0 Å². The van der Waals surface area contributed by atoms with E-state index in [4.69, 9.17) is 23.2 Å². The summed E-state index contributed by atoms with van der Waals surface area (Å²) in [6.45, 7) is 4.80. The van der Waals surface area contributed by atoms with E-state index in [9.17, 15) is 14.4 Å². The lowest BCUT2D eigenvalue weighted by atomic mass is 10.1. The van der Waals surface area contributed by atoms with Gasteiger partial charge in [0.05, 0.1) is 21.2 Å². The molecule has 0 N–H and O–H groups in total. The molecule has 0 saturated carbocycles. The molecule has 5 nitrogen and oxygen atoms in total. The molecule has 1 aromatic carbocycles. The third-order valence-electron chi connectivity index (χ3n) is 3.82. The zero-order valence-electron chi connectivity index (χ0n) is 13.1. The van der Waals surface area contributed by atoms with Crippen molar-refractivity contribution in [2.24, 2.45) is 0 Å². The van der Waals surface area contributed by atoms with Crippen LogP contribution < -0.4 is 0 Å². The Bertz CT molecular complexity index is 620. The van der Waals surface area contributed by atoms with Crippen LogP contribution in [0.3, 0.4) is 0 Å². The minimum absolute atomic E-state index is 0.189. The van der Waals surface area contributed by atoms with Gasteiger partial charge in [-0.25, -0.2) is 0 Å². The van der Waals surface area contributed by atoms with Gasteiger partial charge in [-0.2, -0.15) is 0 Å². The molecule has 124 valence electrons. The number of carbonyl (C=O) groups excluding carboxylic acids is 3. The summed E-state index contributed by atoms with van der Waals surface area (Å²) in [4.78, 5) is 39.7. The highest BCUT2D eigenvalue weighted by Crippen LogP contribution is 2.31. The maximum absolute atomic E-state index is 12.4. The number of rotatable bonds is 6. The molecule has 1 heterocycles. The van der Waals surface area contributed by atoms with Crippen LogP contribution in [0.4, 0.5) is 0 Å². The van der Waals surface area contributed by atoms with Crippen LogP contribution in [0.15, 0.2) is 12.1 Å². The number of hydrogen-bond donors (Lipinski definition) is 0. The van der Waals surface area contributed by atoms with Gasteiger partial charge in [-0.1, -0.05) is 36.5 Å². The lowest BCUT2D eigenvalue weighted by Crippen LogP contribution is -2.43. The average Bonchev–Trinajstić information content (AvgIpc) is 2.74. The predicted molar refractivity (Wildman–Crippen MR) is 89.0 cm³/mol. The van der Waals surface area contributed by atoms with E-state index >= 15 is 0 Å². The van der Waals surface area contributed by atoms with Gasteiger partial charge in [-0.05, 0) is 25.5 Å². The van der Waals surface area contributed by atoms with Gasteiger partial charge in [0.2, 0.25) is 5.91 Å². The van der Waals surface area contributed by atoms with E-state index in [2.05, 4.69) is 0 Å². The smallest absolute Gasteiger partial charge is 0.262 e. The molecule has 0 atom stereocenters. The van der Waals surface area contributed by atoms with Crippen molar-refractivity contribution in [1.29, 1.82) is 0 Å². The van der Waals surface area contributed by atoms with Crippen molar-refractivity contribution < 1.29 is 14.4 Å². The monoisotopic (exact) mass is 356 g/mol. The van der Waals surface area contributed by atoms with E-state index in [0.717, 1.165) is 17.7 Å². The Morgan fingerprint density at radius 3 is 2.04 bits per heavy atom. The fourth-order valence-corrected chi connectivity index (χ4v) is 2.80. The molecule has 1 aliphatic rings. The molecule has 0 bridgehead atoms.